The third-order valence-electron chi connectivity index (χ3n) is 6.05. The van der Waals surface area contributed by atoms with Gasteiger partial charge in [-0.2, -0.15) is 0 Å². The van der Waals surface area contributed by atoms with Gasteiger partial charge < -0.3 is 14.5 Å². The van der Waals surface area contributed by atoms with Crippen LogP contribution in [0.3, 0.4) is 0 Å². The van der Waals surface area contributed by atoms with Gasteiger partial charge in [-0.05, 0) is 69.3 Å². The molecule has 1 atom stereocenters. The highest BCUT2D eigenvalue weighted by Gasteiger charge is 2.33. The molecule has 0 saturated carbocycles. The van der Waals surface area contributed by atoms with Crippen molar-refractivity contribution in [2.75, 3.05) is 27.3 Å². The lowest BCUT2D eigenvalue weighted by atomic mass is 10.0. The SMILES string of the molecule is COc1cc2cc([C@@H](c3nnnn3C(C)(C)C)N3CCCCCC3)c(=O)[nH]c2cc1OC. The summed E-state index contributed by atoms with van der Waals surface area (Å²) >= 11 is 0. The van der Waals surface area contributed by atoms with Crippen molar-refractivity contribution in [3.05, 3.63) is 39.9 Å². The number of nitrogens with zero attached hydrogens (tertiary/aromatic N) is 5. The van der Waals surface area contributed by atoms with Crippen LogP contribution in [0.2, 0.25) is 0 Å². The molecule has 1 aliphatic heterocycles. The smallest absolute Gasteiger partial charge is 0.253 e. The summed E-state index contributed by atoms with van der Waals surface area (Å²) in [5.41, 5.74) is 0.860. The fraction of sp³-hybridized carbons (Fsp3) is 0.565. The number of ether oxygens (including phenoxy) is 2. The van der Waals surface area contributed by atoms with Gasteiger partial charge >= 0.3 is 0 Å². The molecule has 3 aromatic rings. The molecule has 1 aliphatic rings. The zero-order valence-electron chi connectivity index (χ0n) is 19.5. The Balaban J connectivity index is 1.92. The number of likely N-dealkylation sites (tertiary alicyclic amines) is 1. The maximum absolute atomic E-state index is 13.4. The molecule has 2 aromatic heterocycles. The Kier molecular flexibility index (Phi) is 6.19. The fourth-order valence-electron chi connectivity index (χ4n) is 4.45. The van der Waals surface area contributed by atoms with Gasteiger partial charge in [-0.1, -0.05) is 12.8 Å². The van der Waals surface area contributed by atoms with E-state index in [-0.39, 0.29) is 17.1 Å². The molecule has 9 nitrogen and oxygen atoms in total. The molecule has 0 amide bonds. The van der Waals surface area contributed by atoms with Crippen LogP contribution in [0.15, 0.2) is 23.0 Å². The first-order chi connectivity index (χ1) is 15.3. The number of benzene rings is 1. The summed E-state index contributed by atoms with van der Waals surface area (Å²) < 4.78 is 12.7. The fourth-order valence-corrected chi connectivity index (χ4v) is 4.45. The lowest BCUT2D eigenvalue weighted by Crippen LogP contribution is -2.38. The van der Waals surface area contributed by atoms with E-state index in [0.29, 0.717) is 28.4 Å². The number of aromatic nitrogens is 5. The summed E-state index contributed by atoms with van der Waals surface area (Å²) in [5, 5.41) is 13.5. The highest BCUT2D eigenvalue weighted by molar-refractivity contribution is 5.83. The van der Waals surface area contributed by atoms with Gasteiger partial charge in [0.1, 0.15) is 6.04 Å². The van der Waals surface area contributed by atoms with Crippen molar-refractivity contribution < 1.29 is 9.47 Å². The number of aromatic amines is 1. The van der Waals surface area contributed by atoms with Gasteiger partial charge in [0.25, 0.3) is 5.56 Å². The molecule has 3 heterocycles. The Morgan fingerprint density at radius 2 is 1.66 bits per heavy atom. The van der Waals surface area contributed by atoms with Crippen molar-refractivity contribution in [2.45, 2.75) is 58.0 Å². The maximum Gasteiger partial charge on any atom is 0.253 e. The summed E-state index contributed by atoms with van der Waals surface area (Å²) in [6.07, 6.45) is 4.56. The number of hydrogen-bond acceptors (Lipinski definition) is 7. The highest BCUT2D eigenvalue weighted by Crippen LogP contribution is 2.34. The zero-order valence-corrected chi connectivity index (χ0v) is 19.5. The van der Waals surface area contributed by atoms with Crippen molar-refractivity contribution in [1.82, 2.24) is 30.1 Å². The zero-order chi connectivity index (χ0) is 22.9. The van der Waals surface area contributed by atoms with Crippen molar-refractivity contribution in [3.63, 3.8) is 0 Å². The normalized spacial score (nSPS) is 16.7. The van der Waals surface area contributed by atoms with Crippen LogP contribution in [-0.2, 0) is 5.54 Å². The van der Waals surface area contributed by atoms with Gasteiger partial charge in [-0.25, -0.2) is 4.68 Å². The number of methoxy groups -OCH3 is 2. The molecule has 32 heavy (non-hydrogen) atoms. The maximum atomic E-state index is 13.4. The van der Waals surface area contributed by atoms with Gasteiger partial charge in [0.15, 0.2) is 17.3 Å². The quantitative estimate of drug-likeness (QED) is 0.650. The number of H-pyrrole nitrogens is 1. The molecule has 1 saturated heterocycles. The average Bonchev–Trinajstić information content (AvgIpc) is 3.10. The predicted octanol–water partition coefficient (Wildman–Crippen LogP) is 3.25. The van der Waals surface area contributed by atoms with Crippen molar-refractivity contribution >= 4 is 10.9 Å². The highest BCUT2D eigenvalue weighted by atomic mass is 16.5. The Morgan fingerprint density at radius 3 is 2.28 bits per heavy atom. The number of rotatable bonds is 5. The number of tetrazole rings is 1. The second-order valence-corrected chi connectivity index (χ2v) is 9.32. The minimum absolute atomic E-state index is 0.151. The van der Waals surface area contributed by atoms with E-state index in [2.05, 4.69) is 46.2 Å². The third kappa shape index (κ3) is 4.21. The molecule has 1 fully saturated rings. The molecule has 0 aliphatic carbocycles. The second-order valence-electron chi connectivity index (χ2n) is 9.32. The second kappa shape index (κ2) is 8.90. The molecule has 172 valence electrons. The molecule has 1 aromatic carbocycles. The summed E-state index contributed by atoms with van der Waals surface area (Å²) in [5.74, 6) is 1.87. The third-order valence-corrected chi connectivity index (χ3v) is 6.05. The monoisotopic (exact) mass is 440 g/mol. The standard InChI is InChI=1S/C23H32N6O3/c1-23(2,3)29-21(25-26-27-29)20(28-10-8-6-7-9-11-28)16-12-15-13-18(31-4)19(32-5)14-17(15)24-22(16)30/h12-14,20H,6-11H2,1-5H3,(H,24,30)/t20-/m0/s1. The molecular formula is C23H32N6O3. The summed E-state index contributed by atoms with van der Waals surface area (Å²) in [6, 6.07) is 5.27. The van der Waals surface area contributed by atoms with E-state index in [4.69, 9.17) is 9.47 Å². The first-order valence-electron chi connectivity index (χ1n) is 11.1. The van der Waals surface area contributed by atoms with Gasteiger partial charge in [0.2, 0.25) is 0 Å². The van der Waals surface area contributed by atoms with E-state index in [9.17, 15) is 4.79 Å². The molecule has 0 spiro atoms. The van der Waals surface area contributed by atoms with Gasteiger partial charge in [-0.15, -0.1) is 5.10 Å². The number of hydrogen-bond donors (Lipinski definition) is 1. The Morgan fingerprint density at radius 1 is 1.00 bits per heavy atom. The summed E-state index contributed by atoms with van der Waals surface area (Å²) in [4.78, 5) is 18.8. The molecule has 0 radical (unpaired) electrons. The van der Waals surface area contributed by atoms with Crippen molar-refractivity contribution in [1.29, 1.82) is 0 Å². The van der Waals surface area contributed by atoms with E-state index in [1.807, 2.05) is 16.8 Å². The molecular weight excluding hydrogens is 408 g/mol. The van der Waals surface area contributed by atoms with Crippen LogP contribution in [0.1, 0.15) is 63.9 Å². The Bertz CT molecular complexity index is 1140. The minimum atomic E-state index is -0.344. The van der Waals surface area contributed by atoms with E-state index in [1.165, 1.54) is 12.8 Å². The van der Waals surface area contributed by atoms with Gasteiger partial charge in [0.05, 0.1) is 25.3 Å². The number of pyridine rings is 1. The lowest BCUT2D eigenvalue weighted by molar-refractivity contribution is 0.208. The van der Waals surface area contributed by atoms with E-state index in [0.717, 1.165) is 31.3 Å². The van der Waals surface area contributed by atoms with Crippen LogP contribution < -0.4 is 15.0 Å². The molecule has 0 bridgehead atoms. The minimum Gasteiger partial charge on any atom is -0.493 e. The van der Waals surface area contributed by atoms with Gasteiger partial charge in [-0.3, -0.25) is 9.69 Å². The molecule has 4 rings (SSSR count). The first-order valence-corrected chi connectivity index (χ1v) is 11.1. The van der Waals surface area contributed by atoms with Gasteiger partial charge in [0, 0.05) is 17.0 Å². The van der Waals surface area contributed by atoms with Crippen LogP contribution >= 0.6 is 0 Å². The molecule has 0 unspecified atom stereocenters. The number of nitrogens with one attached hydrogen (secondary N) is 1. The Hall–Kier alpha value is -2.94. The van der Waals surface area contributed by atoms with Crippen LogP contribution in [-0.4, -0.2) is 57.4 Å². The topological polar surface area (TPSA) is 98.2 Å². The first kappa shape index (κ1) is 22.3. The van der Waals surface area contributed by atoms with E-state index < -0.39 is 0 Å². The van der Waals surface area contributed by atoms with E-state index >= 15 is 0 Å². The lowest BCUT2D eigenvalue weighted by Gasteiger charge is -2.31. The van der Waals surface area contributed by atoms with E-state index in [1.54, 1.807) is 20.3 Å². The van der Waals surface area contributed by atoms with Crippen LogP contribution in [0, 0.1) is 0 Å². The largest absolute Gasteiger partial charge is 0.493 e. The average molecular weight is 441 g/mol. The van der Waals surface area contributed by atoms with Crippen molar-refractivity contribution in [2.24, 2.45) is 0 Å². The van der Waals surface area contributed by atoms with Crippen LogP contribution in [0.5, 0.6) is 11.5 Å². The summed E-state index contributed by atoms with van der Waals surface area (Å²) in [7, 11) is 3.19. The summed E-state index contributed by atoms with van der Waals surface area (Å²) in [6.45, 7) is 7.98. The predicted molar refractivity (Wildman–Crippen MR) is 122 cm³/mol. The van der Waals surface area contributed by atoms with Crippen molar-refractivity contribution in [3.8, 4) is 11.5 Å². The molecule has 1 N–H and O–H groups in total. The van der Waals surface area contributed by atoms with Crippen LogP contribution in [0.25, 0.3) is 10.9 Å². The van der Waals surface area contributed by atoms with Crippen LogP contribution in [0.4, 0.5) is 0 Å². The number of fused-ring (bicyclic) bond motifs is 1. The Labute approximate surface area is 187 Å². The molecule has 9 heteroatoms.